The summed E-state index contributed by atoms with van der Waals surface area (Å²) in [6, 6.07) is 10.2. The summed E-state index contributed by atoms with van der Waals surface area (Å²) >= 11 is 1.39. The zero-order valence-electron chi connectivity index (χ0n) is 12.4. The van der Waals surface area contributed by atoms with Crippen LogP contribution in [0.3, 0.4) is 0 Å². The highest BCUT2D eigenvalue weighted by Gasteiger charge is 2.10. The summed E-state index contributed by atoms with van der Waals surface area (Å²) in [5.74, 6) is 1.28. The molecular weight excluding hydrogens is 280 g/mol. The Bertz CT molecular complexity index is 764. The first-order chi connectivity index (χ1) is 10.1. The van der Waals surface area contributed by atoms with Crippen LogP contribution in [0.15, 0.2) is 30.3 Å². The third-order valence-electron chi connectivity index (χ3n) is 3.24. The van der Waals surface area contributed by atoms with Gasteiger partial charge in [0.2, 0.25) is 5.13 Å². The van der Waals surface area contributed by atoms with Crippen LogP contribution in [0, 0.1) is 12.8 Å². The monoisotopic (exact) mass is 298 g/mol. The zero-order valence-corrected chi connectivity index (χ0v) is 13.2. The van der Waals surface area contributed by atoms with Gasteiger partial charge >= 0.3 is 0 Å². The Kier molecular flexibility index (Phi) is 3.84. The lowest BCUT2D eigenvalue weighted by atomic mass is 10.1. The summed E-state index contributed by atoms with van der Waals surface area (Å²) in [7, 11) is 0. The molecule has 108 valence electrons. The van der Waals surface area contributed by atoms with E-state index in [2.05, 4.69) is 52.6 Å². The van der Waals surface area contributed by atoms with Crippen LogP contribution in [0.1, 0.15) is 19.4 Å². The van der Waals surface area contributed by atoms with Crippen LogP contribution >= 0.6 is 11.5 Å². The van der Waals surface area contributed by atoms with Crippen molar-refractivity contribution in [2.45, 2.75) is 20.8 Å². The van der Waals surface area contributed by atoms with E-state index >= 15 is 0 Å². The fraction of sp³-hybridized carbons (Fsp3) is 0.312. The molecule has 0 amide bonds. The molecule has 0 aliphatic carbocycles. The Balaban J connectivity index is 1.93. The van der Waals surface area contributed by atoms with Gasteiger partial charge in [0.05, 0.1) is 5.52 Å². The summed E-state index contributed by atoms with van der Waals surface area (Å²) in [5, 5.41) is 5.33. The number of rotatable bonds is 4. The molecule has 5 heteroatoms. The molecule has 0 fully saturated rings. The Morgan fingerprint density at radius 1 is 1.19 bits per heavy atom. The van der Waals surface area contributed by atoms with Crippen LogP contribution in [-0.4, -0.2) is 20.9 Å². The molecule has 0 saturated heterocycles. The summed E-state index contributed by atoms with van der Waals surface area (Å²) < 4.78 is 4.42. The second kappa shape index (κ2) is 5.77. The van der Waals surface area contributed by atoms with Crippen molar-refractivity contribution in [3.05, 3.63) is 35.9 Å². The van der Waals surface area contributed by atoms with E-state index in [4.69, 9.17) is 0 Å². The number of para-hydroxylation sites is 1. The van der Waals surface area contributed by atoms with Crippen LogP contribution in [-0.2, 0) is 0 Å². The topological polar surface area (TPSA) is 50.7 Å². The number of nitrogens with one attached hydrogen (secondary N) is 1. The Hall–Kier alpha value is -2.01. The van der Waals surface area contributed by atoms with Gasteiger partial charge in [0.1, 0.15) is 5.69 Å². The van der Waals surface area contributed by atoms with Crippen LogP contribution < -0.4 is 5.32 Å². The van der Waals surface area contributed by atoms with E-state index in [0.717, 1.165) is 22.9 Å². The highest BCUT2D eigenvalue weighted by molar-refractivity contribution is 7.09. The van der Waals surface area contributed by atoms with Crippen molar-refractivity contribution >= 4 is 27.6 Å². The summed E-state index contributed by atoms with van der Waals surface area (Å²) in [6.07, 6.45) is 0. The minimum Gasteiger partial charge on any atom is -0.360 e. The maximum Gasteiger partial charge on any atom is 0.202 e. The average molecular weight is 298 g/mol. The summed E-state index contributed by atoms with van der Waals surface area (Å²) in [6.45, 7) is 7.34. The Morgan fingerprint density at radius 2 is 2.00 bits per heavy atom. The number of nitrogens with zero attached hydrogens (tertiary/aromatic N) is 3. The van der Waals surface area contributed by atoms with E-state index in [0.29, 0.717) is 11.7 Å². The first-order valence-corrected chi connectivity index (χ1v) is 7.85. The van der Waals surface area contributed by atoms with Crippen molar-refractivity contribution in [1.82, 2.24) is 14.3 Å². The molecule has 2 aromatic heterocycles. The van der Waals surface area contributed by atoms with Gasteiger partial charge in [-0.25, -0.2) is 4.98 Å². The highest BCUT2D eigenvalue weighted by Crippen LogP contribution is 2.24. The number of hydrogen-bond acceptors (Lipinski definition) is 5. The number of pyridine rings is 1. The third-order valence-corrected chi connectivity index (χ3v) is 3.91. The van der Waals surface area contributed by atoms with Crippen molar-refractivity contribution in [3.63, 3.8) is 0 Å². The lowest BCUT2D eigenvalue weighted by Gasteiger charge is -2.04. The van der Waals surface area contributed by atoms with Gasteiger partial charge in [0.15, 0.2) is 5.82 Å². The molecule has 3 rings (SSSR count). The molecule has 2 heterocycles. The van der Waals surface area contributed by atoms with Gasteiger partial charge in [-0.15, -0.1) is 0 Å². The SMILES string of the molecule is Cc1cc(-c2nsc(NCC(C)C)n2)nc2ccccc12. The highest BCUT2D eigenvalue weighted by atomic mass is 32.1. The second-order valence-corrected chi connectivity index (χ2v) is 6.29. The quantitative estimate of drug-likeness (QED) is 0.787. The predicted octanol–water partition coefficient (Wildman–Crippen LogP) is 4.13. The van der Waals surface area contributed by atoms with Gasteiger partial charge in [-0.05, 0) is 30.5 Å². The fourth-order valence-electron chi connectivity index (χ4n) is 2.15. The smallest absolute Gasteiger partial charge is 0.202 e. The van der Waals surface area contributed by atoms with Crippen LogP contribution in [0.2, 0.25) is 0 Å². The number of hydrogen-bond donors (Lipinski definition) is 1. The Morgan fingerprint density at radius 3 is 2.81 bits per heavy atom. The van der Waals surface area contributed by atoms with Crippen LogP contribution in [0.5, 0.6) is 0 Å². The first-order valence-electron chi connectivity index (χ1n) is 7.08. The number of aryl methyl sites for hydroxylation is 1. The van der Waals surface area contributed by atoms with E-state index in [1.54, 1.807) is 0 Å². The van der Waals surface area contributed by atoms with Gasteiger partial charge in [-0.2, -0.15) is 9.36 Å². The molecule has 4 nitrogen and oxygen atoms in total. The molecule has 0 spiro atoms. The maximum atomic E-state index is 4.67. The van der Waals surface area contributed by atoms with Gasteiger partial charge < -0.3 is 5.32 Å². The number of benzene rings is 1. The molecule has 0 radical (unpaired) electrons. The van der Waals surface area contributed by atoms with E-state index in [1.165, 1.54) is 22.5 Å². The molecule has 1 N–H and O–H groups in total. The molecule has 0 atom stereocenters. The predicted molar refractivity (Wildman–Crippen MR) is 88.7 cm³/mol. The largest absolute Gasteiger partial charge is 0.360 e. The van der Waals surface area contributed by atoms with Crippen molar-refractivity contribution < 1.29 is 0 Å². The number of aromatic nitrogens is 3. The average Bonchev–Trinajstić information content (AvgIpc) is 2.94. The second-order valence-electron chi connectivity index (χ2n) is 5.54. The van der Waals surface area contributed by atoms with Gasteiger partial charge in [-0.3, -0.25) is 0 Å². The first kappa shape index (κ1) is 13.9. The molecule has 0 unspecified atom stereocenters. The van der Waals surface area contributed by atoms with Gasteiger partial charge in [0, 0.05) is 23.5 Å². The Labute approximate surface area is 128 Å². The molecule has 0 aliphatic rings. The van der Waals surface area contributed by atoms with Crippen molar-refractivity contribution in [2.24, 2.45) is 5.92 Å². The normalized spacial score (nSPS) is 11.2. The maximum absolute atomic E-state index is 4.67. The van der Waals surface area contributed by atoms with Crippen molar-refractivity contribution in [3.8, 4) is 11.5 Å². The van der Waals surface area contributed by atoms with E-state index in [1.807, 2.05) is 18.2 Å². The standard InChI is InChI=1S/C16H18N4S/c1-10(2)9-17-16-19-15(20-21-16)14-8-11(3)12-6-4-5-7-13(12)18-14/h4-8,10H,9H2,1-3H3,(H,17,19,20). The van der Waals surface area contributed by atoms with Gasteiger partial charge in [0.25, 0.3) is 0 Å². The van der Waals surface area contributed by atoms with Gasteiger partial charge in [-0.1, -0.05) is 32.0 Å². The van der Waals surface area contributed by atoms with E-state index in [-0.39, 0.29) is 0 Å². The molecule has 1 aromatic carbocycles. The molecular formula is C16H18N4S. The van der Waals surface area contributed by atoms with Crippen molar-refractivity contribution in [2.75, 3.05) is 11.9 Å². The fourth-order valence-corrected chi connectivity index (χ4v) is 2.74. The molecule has 21 heavy (non-hydrogen) atoms. The number of anilines is 1. The molecule has 0 bridgehead atoms. The lowest BCUT2D eigenvalue weighted by molar-refractivity contribution is 0.688. The summed E-state index contributed by atoms with van der Waals surface area (Å²) in [5.41, 5.74) is 3.01. The third kappa shape index (κ3) is 3.03. The molecule has 0 saturated carbocycles. The molecule has 0 aliphatic heterocycles. The van der Waals surface area contributed by atoms with E-state index < -0.39 is 0 Å². The van der Waals surface area contributed by atoms with Crippen molar-refractivity contribution in [1.29, 1.82) is 0 Å². The molecule has 3 aromatic rings. The zero-order chi connectivity index (χ0) is 14.8. The van der Waals surface area contributed by atoms with E-state index in [9.17, 15) is 0 Å². The number of fused-ring (bicyclic) bond motifs is 1. The van der Waals surface area contributed by atoms with Crippen LogP contribution in [0.4, 0.5) is 5.13 Å². The lowest BCUT2D eigenvalue weighted by Crippen LogP contribution is -2.07. The minimum atomic E-state index is 0.582. The minimum absolute atomic E-state index is 0.582. The summed E-state index contributed by atoms with van der Waals surface area (Å²) in [4.78, 5) is 9.20. The van der Waals surface area contributed by atoms with Crippen LogP contribution in [0.25, 0.3) is 22.4 Å².